The van der Waals surface area contributed by atoms with E-state index in [-0.39, 0.29) is 17.7 Å². The molecular formula is C29H44ClN5O2. The van der Waals surface area contributed by atoms with Crippen LogP contribution in [0.4, 0.5) is 5.69 Å². The van der Waals surface area contributed by atoms with Crippen molar-refractivity contribution in [2.75, 3.05) is 31.1 Å². The molecule has 0 atom stereocenters. The Morgan fingerprint density at radius 2 is 1.70 bits per heavy atom. The van der Waals surface area contributed by atoms with Gasteiger partial charge in [0, 0.05) is 57.3 Å². The summed E-state index contributed by atoms with van der Waals surface area (Å²) in [5, 5.41) is 5.19. The number of halogens is 1. The maximum absolute atomic E-state index is 13.9. The van der Waals surface area contributed by atoms with Crippen LogP contribution in [0.1, 0.15) is 76.1 Å². The Balaban J connectivity index is 2.03. The lowest BCUT2D eigenvalue weighted by molar-refractivity contribution is -0.119. The summed E-state index contributed by atoms with van der Waals surface area (Å²) in [5.74, 6) is 0.759. The van der Waals surface area contributed by atoms with Crippen LogP contribution < -0.4 is 4.90 Å². The van der Waals surface area contributed by atoms with Gasteiger partial charge in [0.05, 0.1) is 11.4 Å². The van der Waals surface area contributed by atoms with E-state index in [1.807, 2.05) is 41.1 Å². The first-order valence-electron chi connectivity index (χ1n) is 13.6. The molecule has 1 aliphatic rings. The van der Waals surface area contributed by atoms with Crippen molar-refractivity contribution < 1.29 is 9.59 Å². The number of carbonyl (C=O) groups excluding carboxylic acids is 2. The van der Waals surface area contributed by atoms with Crippen molar-refractivity contribution in [2.24, 2.45) is 18.9 Å². The smallest absolute Gasteiger partial charge is 0.272 e. The average Bonchev–Trinajstić information content (AvgIpc) is 3.14. The van der Waals surface area contributed by atoms with Crippen molar-refractivity contribution in [3.8, 4) is 0 Å². The zero-order chi connectivity index (χ0) is 27.3. The number of aromatic nitrogens is 2. The van der Waals surface area contributed by atoms with Crippen LogP contribution in [0.5, 0.6) is 0 Å². The maximum Gasteiger partial charge on any atom is 0.272 e. The standard InChI is InChI=1S/C29H44ClN5O2/c1-20(2)15-25-18-27(32(7)31-25)29(37)34-14-13-33(22(5)6)11-8-12-35(28(36)16-21(3)4)26-17-24(30)10-9-23(26)19-34/h9-10,17-18,20-22H,8,11-16,19H2,1-7H3. The van der Waals surface area contributed by atoms with E-state index in [1.54, 1.807) is 4.68 Å². The highest BCUT2D eigenvalue weighted by Gasteiger charge is 2.27. The van der Waals surface area contributed by atoms with Crippen molar-refractivity contribution in [3.05, 3.63) is 46.2 Å². The van der Waals surface area contributed by atoms with E-state index in [0.717, 1.165) is 42.9 Å². The first kappa shape index (κ1) is 29.2. The molecule has 0 N–H and O–H groups in total. The summed E-state index contributed by atoms with van der Waals surface area (Å²) in [7, 11) is 1.84. The molecule has 0 fully saturated rings. The molecule has 0 spiro atoms. The van der Waals surface area contributed by atoms with Crippen LogP contribution in [0, 0.1) is 11.8 Å². The fourth-order valence-corrected chi connectivity index (χ4v) is 5.10. The average molecular weight is 530 g/mol. The fraction of sp³-hybridized carbons (Fsp3) is 0.621. The third-order valence-corrected chi connectivity index (χ3v) is 7.09. The van der Waals surface area contributed by atoms with Gasteiger partial charge in [-0.2, -0.15) is 5.10 Å². The van der Waals surface area contributed by atoms with Gasteiger partial charge in [0.25, 0.3) is 5.91 Å². The molecule has 2 amide bonds. The maximum atomic E-state index is 13.9. The molecule has 1 aliphatic heterocycles. The second-order valence-corrected chi connectivity index (χ2v) is 11.8. The number of aryl methyl sites for hydroxylation is 1. The second kappa shape index (κ2) is 12.9. The molecule has 0 radical (unpaired) electrons. The topological polar surface area (TPSA) is 61.7 Å². The predicted octanol–water partition coefficient (Wildman–Crippen LogP) is 5.41. The van der Waals surface area contributed by atoms with Gasteiger partial charge in [0.1, 0.15) is 5.69 Å². The van der Waals surface area contributed by atoms with Crippen LogP contribution in [0.15, 0.2) is 24.3 Å². The van der Waals surface area contributed by atoms with Gasteiger partial charge in [-0.1, -0.05) is 45.4 Å². The molecular weight excluding hydrogens is 486 g/mol. The minimum absolute atomic E-state index is 0.0473. The summed E-state index contributed by atoms with van der Waals surface area (Å²) in [6.07, 6.45) is 2.15. The highest BCUT2D eigenvalue weighted by atomic mass is 35.5. The Bertz CT molecular complexity index is 1080. The van der Waals surface area contributed by atoms with Crippen molar-refractivity contribution in [2.45, 2.75) is 73.4 Å². The molecule has 8 heteroatoms. The van der Waals surface area contributed by atoms with E-state index < -0.39 is 0 Å². The number of hydrogen-bond acceptors (Lipinski definition) is 4. The number of fused-ring (bicyclic) bond motifs is 1. The quantitative estimate of drug-likeness (QED) is 0.502. The Kier molecular flexibility index (Phi) is 10.2. The lowest BCUT2D eigenvalue weighted by Gasteiger charge is -2.30. The highest BCUT2D eigenvalue weighted by Crippen LogP contribution is 2.29. The molecule has 3 rings (SSSR count). The van der Waals surface area contributed by atoms with Crippen LogP contribution in [0.25, 0.3) is 0 Å². The van der Waals surface area contributed by atoms with Gasteiger partial charge in [-0.15, -0.1) is 0 Å². The number of carbonyl (C=O) groups is 2. The predicted molar refractivity (Wildman–Crippen MR) is 151 cm³/mol. The van der Waals surface area contributed by atoms with Gasteiger partial charge in [0.2, 0.25) is 5.91 Å². The fourth-order valence-electron chi connectivity index (χ4n) is 4.94. The van der Waals surface area contributed by atoms with Gasteiger partial charge >= 0.3 is 0 Å². The van der Waals surface area contributed by atoms with E-state index in [0.29, 0.717) is 48.7 Å². The summed E-state index contributed by atoms with van der Waals surface area (Å²) in [4.78, 5) is 33.5. The van der Waals surface area contributed by atoms with E-state index in [1.165, 1.54) is 0 Å². The molecule has 7 nitrogen and oxygen atoms in total. The molecule has 0 saturated heterocycles. The van der Waals surface area contributed by atoms with Crippen molar-refractivity contribution in [1.29, 1.82) is 0 Å². The molecule has 2 aromatic rings. The number of rotatable bonds is 6. The van der Waals surface area contributed by atoms with Crippen molar-refractivity contribution in [3.63, 3.8) is 0 Å². The minimum atomic E-state index is -0.0473. The van der Waals surface area contributed by atoms with Crippen molar-refractivity contribution in [1.82, 2.24) is 19.6 Å². The summed E-state index contributed by atoms with van der Waals surface area (Å²) in [6, 6.07) is 7.94. The molecule has 0 unspecified atom stereocenters. The van der Waals surface area contributed by atoms with Gasteiger partial charge in [0.15, 0.2) is 0 Å². The first-order chi connectivity index (χ1) is 17.5. The SMILES string of the molecule is CC(C)CC(=O)N1CCCN(C(C)C)CCN(C(=O)c2cc(CC(C)C)nn2C)Cc2ccc(Cl)cc21. The van der Waals surface area contributed by atoms with E-state index in [4.69, 9.17) is 11.6 Å². The van der Waals surface area contributed by atoms with E-state index in [9.17, 15) is 9.59 Å². The monoisotopic (exact) mass is 529 g/mol. The molecule has 0 aliphatic carbocycles. The number of benzene rings is 1. The Morgan fingerprint density at radius 1 is 0.973 bits per heavy atom. The van der Waals surface area contributed by atoms with Crippen molar-refractivity contribution >= 4 is 29.1 Å². The zero-order valence-corrected chi connectivity index (χ0v) is 24.4. The molecule has 204 valence electrons. The number of anilines is 1. The third-order valence-electron chi connectivity index (χ3n) is 6.85. The molecule has 1 aromatic carbocycles. The lowest BCUT2D eigenvalue weighted by atomic mass is 10.1. The second-order valence-electron chi connectivity index (χ2n) is 11.4. The first-order valence-corrected chi connectivity index (χ1v) is 14.0. The normalized spacial score (nSPS) is 15.9. The number of amides is 2. The molecule has 37 heavy (non-hydrogen) atoms. The van der Waals surface area contributed by atoms with E-state index in [2.05, 4.69) is 51.5 Å². The van der Waals surface area contributed by atoms with Gasteiger partial charge in [-0.05, 0) is 62.3 Å². The lowest BCUT2D eigenvalue weighted by Crippen LogP contribution is -2.41. The van der Waals surface area contributed by atoms with E-state index >= 15 is 0 Å². The Labute approximate surface area is 227 Å². The Hall–Kier alpha value is -2.38. The van der Waals surface area contributed by atoms with Crippen LogP contribution in [0.3, 0.4) is 0 Å². The molecule has 1 aromatic heterocycles. The summed E-state index contributed by atoms with van der Waals surface area (Å²) < 4.78 is 1.70. The molecule has 0 bridgehead atoms. The van der Waals surface area contributed by atoms with Crippen LogP contribution >= 0.6 is 11.6 Å². The zero-order valence-electron chi connectivity index (χ0n) is 23.6. The summed E-state index contributed by atoms with van der Waals surface area (Å²) in [5.41, 5.74) is 3.25. The molecule has 0 saturated carbocycles. The van der Waals surface area contributed by atoms with Crippen LogP contribution in [-0.2, 0) is 24.8 Å². The van der Waals surface area contributed by atoms with Crippen LogP contribution in [0.2, 0.25) is 5.02 Å². The highest BCUT2D eigenvalue weighted by molar-refractivity contribution is 6.31. The van der Waals surface area contributed by atoms with Gasteiger partial charge in [-0.25, -0.2) is 0 Å². The number of hydrogen-bond donors (Lipinski definition) is 0. The minimum Gasteiger partial charge on any atom is -0.332 e. The summed E-state index contributed by atoms with van der Waals surface area (Å²) in [6.45, 7) is 16.0. The van der Waals surface area contributed by atoms with Gasteiger partial charge < -0.3 is 9.80 Å². The third kappa shape index (κ3) is 7.81. The van der Waals surface area contributed by atoms with Gasteiger partial charge in [-0.3, -0.25) is 19.2 Å². The number of nitrogens with zero attached hydrogens (tertiary/aromatic N) is 5. The molecule has 2 heterocycles. The van der Waals surface area contributed by atoms with Crippen LogP contribution in [-0.4, -0.2) is 63.6 Å². The Morgan fingerprint density at radius 3 is 2.35 bits per heavy atom. The summed E-state index contributed by atoms with van der Waals surface area (Å²) >= 11 is 6.44. The largest absolute Gasteiger partial charge is 0.332 e.